The Kier molecular flexibility index (Phi) is 5.24. The van der Waals surface area contributed by atoms with Crippen LogP contribution in [0.5, 0.6) is 0 Å². The van der Waals surface area contributed by atoms with Gasteiger partial charge < -0.3 is 10.2 Å². The maximum atomic E-state index is 13.4. The summed E-state index contributed by atoms with van der Waals surface area (Å²) in [5.41, 5.74) is 0. The first kappa shape index (κ1) is 15.8. The lowest BCUT2D eigenvalue weighted by Gasteiger charge is -2.09. The van der Waals surface area contributed by atoms with Crippen molar-refractivity contribution in [2.75, 3.05) is 6.54 Å². The van der Waals surface area contributed by atoms with Crippen LogP contribution in [0.15, 0.2) is 23.1 Å². The molecule has 0 saturated heterocycles. The van der Waals surface area contributed by atoms with Gasteiger partial charge in [0.15, 0.2) is 6.10 Å². The predicted octanol–water partition coefficient (Wildman–Crippen LogP) is 0.593. The zero-order chi connectivity index (χ0) is 14.6. The van der Waals surface area contributed by atoms with Gasteiger partial charge in [-0.3, -0.25) is 0 Å². The second-order valence-corrected chi connectivity index (χ2v) is 5.79. The average molecular weight is 312 g/mol. The number of sulfonamides is 1. The molecule has 0 bridgehead atoms. The van der Waals surface area contributed by atoms with E-state index in [9.17, 15) is 17.6 Å². The van der Waals surface area contributed by atoms with Gasteiger partial charge in [-0.05, 0) is 24.6 Å². The molecule has 0 aliphatic heterocycles. The maximum absolute atomic E-state index is 13.4. The molecule has 0 fully saturated rings. The number of rotatable bonds is 6. The lowest BCUT2D eigenvalue weighted by atomic mass is 10.3. The molecule has 0 aliphatic carbocycles. The van der Waals surface area contributed by atoms with Crippen LogP contribution in [0.3, 0.4) is 0 Å². The summed E-state index contributed by atoms with van der Waals surface area (Å²) in [5.74, 6) is -2.48. The molecule has 1 atom stereocenters. The van der Waals surface area contributed by atoms with Crippen molar-refractivity contribution in [3.05, 3.63) is 29.0 Å². The summed E-state index contributed by atoms with van der Waals surface area (Å²) < 4.78 is 38.8. The Morgan fingerprint density at radius 3 is 2.63 bits per heavy atom. The van der Waals surface area contributed by atoms with E-state index in [1.165, 1.54) is 6.07 Å². The van der Waals surface area contributed by atoms with Crippen molar-refractivity contribution in [3.8, 4) is 0 Å². The van der Waals surface area contributed by atoms with E-state index in [1.807, 2.05) is 4.72 Å². The van der Waals surface area contributed by atoms with Gasteiger partial charge in [-0.2, -0.15) is 0 Å². The molecule has 0 radical (unpaired) electrons. The molecule has 106 valence electrons. The summed E-state index contributed by atoms with van der Waals surface area (Å²) >= 11 is 5.49. The summed E-state index contributed by atoms with van der Waals surface area (Å²) in [6.07, 6.45) is -2.01. The highest BCUT2D eigenvalue weighted by molar-refractivity contribution is 7.89. The molecule has 19 heavy (non-hydrogen) atoms. The van der Waals surface area contributed by atoms with Crippen LogP contribution in [0.1, 0.15) is 6.42 Å². The number of benzene rings is 1. The molecule has 9 heteroatoms. The van der Waals surface area contributed by atoms with Gasteiger partial charge in [0.25, 0.3) is 0 Å². The molecule has 1 unspecified atom stereocenters. The van der Waals surface area contributed by atoms with Crippen LogP contribution in [-0.2, 0) is 14.8 Å². The number of hydrogen-bond acceptors (Lipinski definition) is 4. The van der Waals surface area contributed by atoms with Crippen LogP contribution in [0.2, 0.25) is 5.02 Å². The Labute approximate surface area is 113 Å². The number of carbonyl (C=O) groups is 1. The van der Waals surface area contributed by atoms with Gasteiger partial charge in [-0.1, -0.05) is 11.6 Å². The molecular formula is C10H11ClFNO5S. The van der Waals surface area contributed by atoms with Crippen molar-refractivity contribution in [2.24, 2.45) is 0 Å². The van der Waals surface area contributed by atoms with Gasteiger partial charge in [0.1, 0.15) is 10.7 Å². The zero-order valence-corrected chi connectivity index (χ0v) is 11.1. The first-order valence-electron chi connectivity index (χ1n) is 5.09. The summed E-state index contributed by atoms with van der Waals surface area (Å²) in [7, 11) is -4.12. The second kappa shape index (κ2) is 6.29. The topological polar surface area (TPSA) is 104 Å². The molecule has 0 saturated carbocycles. The summed E-state index contributed by atoms with van der Waals surface area (Å²) in [6, 6.07) is 3.06. The third-order valence-electron chi connectivity index (χ3n) is 2.18. The molecule has 1 rings (SSSR count). The third kappa shape index (κ3) is 4.43. The Hall–Kier alpha value is -1.22. The van der Waals surface area contributed by atoms with E-state index in [0.717, 1.165) is 12.1 Å². The summed E-state index contributed by atoms with van der Waals surface area (Å²) in [4.78, 5) is 9.72. The first-order valence-corrected chi connectivity index (χ1v) is 6.96. The van der Waals surface area contributed by atoms with E-state index in [2.05, 4.69) is 0 Å². The Morgan fingerprint density at radius 1 is 1.47 bits per heavy atom. The monoisotopic (exact) mass is 311 g/mol. The zero-order valence-electron chi connectivity index (χ0n) is 9.51. The molecule has 0 amide bonds. The SMILES string of the molecule is O=C(O)C(O)CCNS(=O)(=O)c1ccc(Cl)cc1F. The van der Waals surface area contributed by atoms with Crippen molar-refractivity contribution in [3.63, 3.8) is 0 Å². The van der Waals surface area contributed by atoms with Crippen molar-refractivity contribution in [2.45, 2.75) is 17.4 Å². The van der Waals surface area contributed by atoms with Gasteiger partial charge in [0, 0.05) is 11.6 Å². The molecule has 0 aliphatic rings. The van der Waals surface area contributed by atoms with Gasteiger partial charge in [-0.15, -0.1) is 0 Å². The van der Waals surface area contributed by atoms with E-state index in [-0.39, 0.29) is 18.0 Å². The van der Waals surface area contributed by atoms with E-state index >= 15 is 0 Å². The normalized spacial score (nSPS) is 13.2. The Bertz CT molecular complexity index is 577. The van der Waals surface area contributed by atoms with Crippen LogP contribution in [-0.4, -0.2) is 37.2 Å². The minimum Gasteiger partial charge on any atom is -0.479 e. The fraction of sp³-hybridized carbons (Fsp3) is 0.300. The van der Waals surface area contributed by atoms with Gasteiger partial charge in [0.05, 0.1) is 0 Å². The number of aliphatic hydroxyl groups excluding tert-OH is 1. The molecule has 0 aromatic heterocycles. The molecular weight excluding hydrogens is 301 g/mol. The largest absolute Gasteiger partial charge is 0.479 e. The lowest BCUT2D eigenvalue weighted by Crippen LogP contribution is -2.30. The maximum Gasteiger partial charge on any atom is 0.332 e. The third-order valence-corrected chi connectivity index (χ3v) is 3.91. The Morgan fingerprint density at radius 2 is 2.11 bits per heavy atom. The van der Waals surface area contributed by atoms with Crippen LogP contribution in [0.4, 0.5) is 4.39 Å². The number of nitrogens with one attached hydrogen (secondary N) is 1. The first-order chi connectivity index (χ1) is 8.74. The number of halogens is 2. The minimum absolute atomic E-state index is 0.0535. The number of hydrogen-bond donors (Lipinski definition) is 3. The van der Waals surface area contributed by atoms with E-state index in [0.29, 0.717) is 0 Å². The smallest absolute Gasteiger partial charge is 0.332 e. The van der Waals surface area contributed by atoms with Crippen molar-refractivity contribution in [1.29, 1.82) is 0 Å². The molecule has 1 aromatic carbocycles. The lowest BCUT2D eigenvalue weighted by molar-refractivity contribution is -0.146. The van der Waals surface area contributed by atoms with Crippen molar-refractivity contribution < 1.29 is 27.8 Å². The Balaban J connectivity index is 2.74. The van der Waals surface area contributed by atoms with E-state index < -0.39 is 32.8 Å². The highest BCUT2D eigenvalue weighted by Gasteiger charge is 2.20. The van der Waals surface area contributed by atoms with E-state index in [1.54, 1.807) is 0 Å². The van der Waals surface area contributed by atoms with Gasteiger partial charge >= 0.3 is 5.97 Å². The fourth-order valence-electron chi connectivity index (χ4n) is 1.22. The number of aliphatic hydroxyl groups is 1. The highest BCUT2D eigenvalue weighted by Crippen LogP contribution is 2.18. The quantitative estimate of drug-likeness (QED) is 0.713. The highest BCUT2D eigenvalue weighted by atomic mass is 35.5. The van der Waals surface area contributed by atoms with Crippen LogP contribution in [0, 0.1) is 5.82 Å². The molecule has 1 aromatic rings. The fourth-order valence-corrected chi connectivity index (χ4v) is 2.49. The van der Waals surface area contributed by atoms with Crippen LogP contribution in [0.25, 0.3) is 0 Å². The van der Waals surface area contributed by atoms with Gasteiger partial charge in [0.2, 0.25) is 10.0 Å². The minimum atomic E-state index is -4.12. The van der Waals surface area contributed by atoms with Crippen molar-refractivity contribution >= 4 is 27.6 Å². The predicted molar refractivity (Wildman–Crippen MR) is 64.9 cm³/mol. The molecule has 3 N–H and O–H groups in total. The van der Waals surface area contributed by atoms with E-state index in [4.69, 9.17) is 21.8 Å². The van der Waals surface area contributed by atoms with Gasteiger partial charge in [-0.25, -0.2) is 22.3 Å². The summed E-state index contributed by atoms with van der Waals surface area (Å²) in [6.45, 7) is -0.335. The standard InChI is InChI=1S/C10H11ClFNO5S/c11-6-1-2-9(7(12)5-6)19(17,18)13-4-3-8(14)10(15)16/h1-2,5,8,13-14H,3-4H2,(H,15,16). The van der Waals surface area contributed by atoms with Crippen LogP contribution >= 0.6 is 11.6 Å². The van der Waals surface area contributed by atoms with Crippen molar-refractivity contribution in [1.82, 2.24) is 4.72 Å². The molecule has 0 heterocycles. The molecule has 6 nitrogen and oxygen atoms in total. The second-order valence-electron chi connectivity index (χ2n) is 3.62. The number of carboxylic acid groups (broad SMARTS) is 1. The molecule has 0 spiro atoms. The number of aliphatic carboxylic acids is 1. The average Bonchev–Trinajstić information content (AvgIpc) is 2.27. The number of carboxylic acids is 1. The van der Waals surface area contributed by atoms with Crippen LogP contribution < -0.4 is 4.72 Å². The summed E-state index contributed by atoms with van der Waals surface area (Å²) in [5, 5.41) is 17.4.